The number of nitrogens with zero attached hydrogens (tertiary/aromatic N) is 1. The zero-order chi connectivity index (χ0) is 28.4. The van der Waals surface area contributed by atoms with Crippen LogP contribution in [0.2, 0.25) is 0 Å². The third-order valence-electron chi connectivity index (χ3n) is 5.66. The summed E-state index contributed by atoms with van der Waals surface area (Å²) in [4.78, 5) is 43.9. The van der Waals surface area contributed by atoms with Gasteiger partial charge in [0.1, 0.15) is 5.70 Å². The number of carbonyl (C=O) groups is 3. The third kappa shape index (κ3) is 8.01. The van der Waals surface area contributed by atoms with Gasteiger partial charge in [-0.05, 0) is 58.8 Å². The highest BCUT2D eigenvalue weighted by molar-refractivity contribution is 8.00. The second-order valence-electron chi connectivity index (χ2n) is 8.66. The molecule has 0 spiro atoms. The highest BCUT2D eigenvalue weighted by atomic mass is 32.2. The predicted octanol–water partition coefficient (Wildman–Crippen LogP) is 7.01. The summed E-state index contributed by atoms with van der Waals surface area (Å²) in [7, 11) is 0. The van der Waals surface area contributed by atoms with E-state index in [4.69, 9.17) is 0 Å². The SMILES string of the molecule is O=C(CSc1cccc(NC(=O)/C(=C/c2ccsc2)NC(=O)c2ccccc2)c1)Nc1nc(-c2ccccc2)cs1. The quantitative estimate of drug-likeness (QED) is 0.119. The monoisotopic (exact) mass is 596 g/mol. The Morgan fingerprint density at radius 3 is 2.39 bits per heavy atom. The molecular weight excluding hydrogens is 573 g/mol. The molecule has 2 heterocycles. The lowest BCUT2D eigenvalue weighted by molar-refractivity contribution is -0.114. The molecule has 0 aliphatic carbocycles. The molecule has 0 fully saturated rings. The largest absolute Gasteiger partial charge is 0.321 e. The van der Waals surface area contributed by atoms with Crippen LogP contribution in [0.3, 0.4) is 0 Å². The van der Waals surface area contributed by atoms with Crippen LogP contribution < -0.4 is 16.0 Å². The van der Waals surface area contributed by atoms with E-state index in [1.165, 1.54) is 34.4 Å². The van der Waals surface area contributed by atoms with E-state index in [0.717, 1.165) is 21.7 Å². The van der Waals surface area contributed by atoms with Crippen molar-refractivity contribution in [1.82, 2.24) is 10.3 Å². The van der Waals surface area contributed by atoms with Gasteiger partial charge in [0.15, 0.2) is 5.13 Å². The average Bonchev–Trinajstić information content (AvgIpc) is 3.69. The van der Waals surface area contributed by atoms with Crippen LogP contribution in [0.4, 0.5) is 10.8 Å². The Balaban J connectivity index is 1.20. The van der Waals surface area contributed by atoms with E-state index < -0.39 is 5.91 Å². The van der Waals surface area contributed by atoms with Crippen molar-refractivity contribution in [2.75, 3.05) is 16.4 Å². The molecule has 5 aromatic rings. The molecule has 3 aromatic carbocycles. The summed E-state index contributed by atoms with van der Waals surface area (Å²) in [6, 6.07) is 27.6. The second-order valence-corrected chi connectivity index (χ2v) is 11.3. The normalized spacial score (nSPS) is 11.1. The van der Waals surface area contributed by atoms with Gasteiger partial charge in [0, 0.05) is 27.1 Å². The van der Waals surface area contributed by atoms with Crippen LogP contribution in [0, 0.1) is 0 Å². The van der Waals surface area contributed by atoms with Crippen LogP contribution >= 0.6 is 34.4 Å². The van der Waals surface area contributed by atoms with E-state index >= 15 is 0 Å². The molecule has 0 atom stereocenters. The summed E-state index contributed by atoms with van der Waals surface area (Å²) in [6.07, 6.45) is 1.64. The minimum atomic E-state index is -0.460. The van der Waals surface area contributed by atoms with E-state index in [9.17, 15) is 14.4 Å². The van der Waals surface area contributed by atoms with Gasteiger partial charge in [0.05, 0.1) is 11.4 Å². The van der Waals surface area contributed by atoms with Gasteiger partial charge < -0.3 is 16.0 Å². The minimum absolute atomic E-state index is 0.119. The van der Waals surface area contributed by atoms with Crippen molar-refractivity contribution in [1.29, 1.82) is 0 Å². The molecule has 7 nitrogen and oxygen atoms in total. The summed E-state index contributed by atoms with van der Waals surface area (Å²) < 4.78 is 0. The highest BCUT2D eigenvalue weighted by Gasteiger charge is 2.16. The van der Waals surface area contributed by atoms with Gasteiger partial charge in [-0.3, -0.25) is 14.4 Å². The van der Waals surface area contributed by atoms with Crippen LogP contribution in [0.1, 0.15) is 15.9 Å². The minimum Gasteiger partial charge on any atom is -0.321 e. The average molecular weight is 597 g/mol. The first-order valence-corrected chi connectivity index (χ1v) is 15.3. The number of benzene rings is 3. The van der Waals surface area contributed by atoms with Gasteiger partial charge in [-0.1, -0.05) is 54.6 Å². The van der Waals surface area contributed by atoms with Crippen LogP contribution in [0.25, 0.3) is 17.3 Å². The molecule has 0 saturated heterocycles. The molecule has 2 aromatic heterocycles. The number of carbonyl (C=O) groups excluding carboxylic acids is 3. The van der Waals surface area contributed by atoms with Crippen molar-refractivity contribution in [3.05, 3.63) is 124 Å². The second kappa shape index (κ2) is 13.7. The summed E-state index contributed by atoms with van der Waals surface area (Å²) in [5, 5.41) is 14.7. The van der Waals surface area contributed by atoms with E-state index in [-0.39, 0.29) is 23.3 Å². The van der Waals surface area contributed by atoms with Gasteiger partial charge in [-0.25, -0.2) is 4.98 Å². The lowest BCUT2D eigenvalue weighted by Gasteiger charge is -2.12. The van der Waals surface area contributed by atoms with Gasteiger partial charge in [0.2, 0.25) is 5.91 Å². The number of aromatic nitrogens is 1. The number of hydrogen-bond acceptors (Lipinski definition) is 7. The van der Waals surface area contributed by atoms with Crippen LogP contribution in [0.5, 0.6) is 0 Å². The molecule has 3 N–H and O–H groups in total. The van der Waals surface area contributed by atoms with Gasteiger partial charge >= 0.3 is 0 Å². The number of rotatable bonds is 10. The maximum Gasteiger partial charge on any atom is 0.272 e. The molecule has 0 saturated carbocycles. The Morgan fingerprint density at radius 1 is 0.854 bits per heavy atom. The van der Waals surface area contributed by atoms with Crippen molar-refractivity contribution in [3.8, 4) is 11.3 Å². The number of anilines is 2. The standard InChI is InChI=1S/C31H24N4O3S3/c36-28(35-31-34-27(19-41-31)22-8-3-1-4-9-22)20-40-25-13-7-12-24(17-25)32-30(38)26(16-21-14-15-39-18-21)33-29(37)23-10-5-2-6-11-23/h1-19H,20H2,(H,32,38)(H,33,37)(H,34,35,36)/b26-16-. The Kier molecular flexibility index (Phi) is 9.37. The molecular formula is C31H24N4O3S3. The zero-order valence-corrected chi connectivity index (χ0v) is 24.0. The van der Waals surface area contributed by atoms with Crippen molar-refractivity contribution in [3.63, 3.8) is 0 Å². The Hall–Kier alpha value is -4.51. The smallest absolute Gasteiger partial charge is 0.272 e. The van der Waals surface area contributed by atoms with Gasteiger partial charge in [-0.2, -0.15) is 11.3 Å². The van der Waals surface area contributed by atoms with Crippen LogP contribution in [0.15, 0.2) is 118 Å². The van der Waals surface area contributed by atoms with Crippen molar-refractivity contribution >= 4 is 69.1 Å². The molecule has 0 aliphatic heterocycles. The Labute approximate surface area is 249 Å². The third-order valence-corrected chi connectivity index (χ3v) is 8.12. The molecule has 3 amide bonds. The molecule has 204 valence electrons. The van der Waals surface area contributed by atoms with Crippen molar-refractivity contribution in [2.45, 2.75) is 4.90 Å². The van der Waals surface area contributed by atoms with Crippen molar-refractivity contribution in [2.24, 2.45) is 0 Å². The van der Waals surface area contributed by atoms with Gasteiger partial charge in [0.25, 0.3) is 11.8 Å². The fourth-order valence-electron chi connectivity index (χ4n) is 3.71. The maximum absolute atomic E-state index is 13.2. The first kappa shape index (κ1) is 28.0. The summed E-state index contributed by atoms with van der Waals surface area (Å²) in [6.45, 7) is 0. The number of nitrogens with one attached hydrogen (secondary N) is 3. The number of thiophene rings is 1. The Morgan fingerprint density at radius 2 is 1.63 bits per heavy atom. The van der Waals surface area contributed by atoms with E-state index in [2.05, 4.69) is 20.9 Å². The fraction of sp³-hybridized carbons (Fsp3) is 0.0323. The number of amides is 3. The number of hydrogen-bond donors (Lipinski definition) is 3. The van der Waals surface area contributed by atoms with Gasteiger partial charge in [-0.15, -0.1) is 23.1 Å². The number of thiazole rings is 1. The van der Waals surface area contributed by atoms with Crippen LogP contribution in [-0.2, 0) is 9.59 Å². The molecule has 0 radical (unpaired) electrons. The maximum atomic E-state index is 13.2. The van der Waals surface area contributed by atoms with E-state index in [1.807, 2.05) is 64.7 Å². The first-order valence-electron chi connectivity index (χ1n) is 12.5. The molecule has 5 rings (SSSR count). The topological polar surface area (TPSA) is 100 Å². The van der Waals surface area contributed by atoms with Crippen molar-refractivity contribution < 1.29 is 14.4 Å². The zero-order valence-electron chi connectivity index (χ0n) is 21.6. The summed E-state index contributed by atoms with van der Waals surface area (Å²) in [5.74, 6) is -0.844. The molecule has 0 bridgehead atoms. The van der Waals surface area contributed by atoms with Crippen LogP contribution in [-0.4, -0.2) is 28.5 Å². The van der Waals surface area contributed by atoms with E-state index in [0.29, 0.717) is 16.4 Å². The molecule has 41 heavy (non-hydrogen) atoms. The lowest BCUT2D eigenvalue weighted by Crippen LogP contribution is -2.30. The predicted molar refractivity (Wildman–Crippen MR) is 168 cm³/mol. The summed E-state index contributed by atoms with van der Waals surface area (Å²) >= 11 is 4.21. The highest BCUT2D eigenvalue weighted by Crippen LogP contribution is 2.26. The molecule has 0 aliphatic rings. The summed E-state index contributed by atoms with van der Waals surface area (Å²) in [5.41, 5.74) is 3.72. The lowest BCUT2D eigenvalue weighted by atomic mass is 10.2. The fourth-order valence-corrected chi connectivity index (χ4v) is 5.81. The number of thioether (sulfide) groups is 1. The first-order chi connectivity index (χ1) is 20.0. The Bertz CT molecular complexity index is 1670. The molecule has 10 heteroatoms. The molecule has 0 unspecified atom stereocenters. The van der Waals surface area contributed by atoms with E-state index in [1.54, 1.807) is 48.5 Å².